The van der Waals surface area contributed by atoms with Crippen molar-refractivity contribution in [2.24, 2.45) is 10.7 Å². The molecule has 0 atom stereocenters. The van der Waals surface area contributed by atoms with E-state index in [9.17, 15) is 0 Å². The summed E-state index contributed by atoms with van der Waals surface area (Å²) >= 11 is 3.52. The van der Waals surface area contributed by atoms with Crippen LogP contribution in [-0.4, -0.2) is 12.4 Å². The maximum Gasteiger partial charge on any atom is 0.125 e. The molecule has 2 nitrogen and oxygen atoms in total. The van der Waals surface area contributed by atoms with E-state index in [0.29, 0.717) is 5.84 Å². The Morgan fingerprint density at radius 1 is 1.36 bits per heavy atom. The number of nitrogens with zero attached hydrogens (tertiary/aromatic N) is 1. The standard InChI is InChI=1S/C11H15BrN2/c1-4-14-11(13)9-5-7(2)10(12)8(3)6-9/h5-6H,4H2,1-3H3,(H2,13,14). The minimum absolute atomic E-state index is 0.617. The third kappa shape index (κ3) is 2.35. The van der Waals surface area contributed by atoms with E-state index in [0.717, 1.165) is 16.6 Å². The minimum atomic E-state index is 0.617. The van der Waals surface area contributed by atoms with Crippen LogP contribution < -0.4 is 5.73 Å². The summed E-state index contributed by atoms with van der Waals surface area (Å²) in [5.41, 5.74) is 9.21. The van der Waals surface area contributed by atoms with Gasteiger partial charge in [0, 0.05) is 16.6 Å². The Morgan fingerprint density at radius 2 is 1.86 bits per heavy atom. The van der Waals surface area contributed by atoms with E-state index < -0.39 is 0 Å². The molecule has 0 aliphatic heterocycles. The van der Waals surface area contributed by atoms with E-state index in [1.54, 1.807) is 0 Å². The van der Waals surface area contributed by atoms with Gasteiger partial charge in [-0.3, -0.25) is 4.99 Å². The number of rotatable bonds is 2. The van der Waals surface area contributed by atoms with Gasteiger partial charge in [0.2, 0.25) is 0 Å². The van der Waals surface area contributed by atoms with Gasteiger partial charge in [0.25, 0.3) is 0 Å². The largest absolute Gasteiger partial charge is 0.384 e. The topological polar surface area (TPSA) is 38.4 Å². The summed E-state index contributed by atoms with van der Waals surface area (Å²) in [6, 6.07) is 4.09. The molecule has 14 heavy (non-hydrogen) atoms. The number of halogens is 1. The number of aliphatic imine (C=N–C) groups is 1. The van der Waals surface area contributed by atoms with E-state index >= 15 is 0 Å². The monoisotopic (exact) mass is 254 g/mol. The van der Waals surface area contributed by atoms with Crippen LogP contribution in [0.1, 0.15) is 23.6 Å². The van der Waals surface area contributed by atoms with E-state index in [2.05, 4.69) is 34.8 Å². The quantitative estimate of drug-likeness (QED) is 0.640. The van der Waals surface area contributed by atoms with Crippen LogP contribution in [-0.2, 0) is 0 Å². The summed E-state index contributed by atoms with van der Waals surface area (Å²) in [4.78, 5) is 4.19. The Balaban J connectivity index is 3.19. The van der Waals surface area contributed by atoms with Gasteiger partial charge in [-0.05, 0) is 44.0 Å². The zero-order chi connectivity index (χ0) is 10.7. The molecule has 0 aromatic heterocycles. The molecule has 0 aliphatic carbocycles. The lowest BCUT2D eigenvalue weighted by Gasteiger charge is -2.07. The maximum atomic E-state index is 5.83. The Labute approximate surface area is 93.4 Å². The Morgan fingerprint density at radius 3 is 2.29 bits per heavy atom. The average molecular weight is 255 g/mol. The summed E-state index contributed by atoms with van der Waals surface area (Å²) in [5.74, 6) is 0.617. The Hall–Kier alpha value is -0.830. The SMILES string of the molecule is CCN=C(N)c1cc(C)c(Br)c(C)c1. The molecule has 0 amide bonds. The Bertz CT molecular complexity index is 347. The normalized spacial score (nSPS) is 11.9. The molecule has 0 spiro atoms. The van der Waals surface area contributed by atoms with Crippen LogP contribution in [0, 0.1) is 13.8 Å². The van der Waals surface area contributed by atoms with Crippen molar-refractivity contribution in [1.82, 2.24) is 0 Å². The number of nitrogens with two attached hydrogens (primary N) is 1. The lowest BCUT2D eigenvalue weighted by molar-refractivity contribution is 1.12. The predicted molar refractivity (Wildman–Crippen MR) is 64.9 cm³/mol. The van der Waals surface area contributed by atoms with Crippen molar-refractivity contribution >= 4 is 21.8 Å². The first-order valence-corrected chi connectivity index (χ1v) is 5.42. The smallest absolute Gasteiger partial charge is 0.125 e. The number of amidine groups is 1. The Kier molecular flexibility index (Phi) is 3.69. The van der Waals surface area contributed by atoms with E-state index in [-0.39, 0.29) is 0 Å². The summed E-state index contributed by atoms with van der Waals surface area (Å²) in [7, 11) is 0. The summed E-state index contributed by atoms with van der Waals surface area (Å²) in [6.45, 7) is 6.81. The molecule has 0 aliphatic rings. The van der Waals surface area contributed by atoms with Gasteiger partial charge in [-0.15, -0.1) is 0 Å². The molecular formula is C11H15BrN2. The summed E-state index contributed by atoms with van der Waals surface area (Å²) in [5, 5.41) is 0. The number of aryl methyl sites for hydroxylation is 2. The van der Waals surface area contributed by atoms with E-state index in [4.69, 9.17) is 5.73 Å². The highest BCUT2D eigenvalue weighted by atomic mass is 79.9. The fraction of sp³-hybridized carbons (Fsp3) is 0.364. The molecule has 3 heteroatoms. The van der Waals surface area contributed by atoms with Crippen molar-refractivity contribution in [3.05, 3.63) is 33.3 Å². The average Bonchev–Trinajstić information content (AvgIpc) is 2.13. The van der Waals surface area contributed by atoms with Crippen molar-refractivity contribution < 1.29 is 0 Å². The molecular weight excluding hydrogens is 240 g/mol. The minimum Gasteiger partial charge on any atom is -0.384 e. The van der Waals surface area contributed by atoms with Crippen molar-refractivity contribution in [2.75, 3.05) is 6.54 Å². The van der Waals surface area contributed by atoms with Gasteiger partial charge in [-0.2, -0.15) is 0 Å². The van der Waals surface area contributed by atoms with Gasteiger partial charge in [0.15, 0.2) is 0 Å². The zero-order valence-corrected chi connectivity index (χ0v) is 10.4. The summed E-state index contributed by atoms with van der Waals surface area (Å²) < 4.78 is 1.14. The first-order chi connectivity index (χ1) is 6.56. The van der Waals surface area contributed by atoms with Crippen molar-refractivity contribution in [1.29, 1.82) is 0 Å². The lowest BCUT2D eigenvalue weighted by Crippen LogP contribution is -2.14. The molecule has 0 unspecified atom stereocenters. The number of benzene rings is 1. The van der Waals surface area contributed by atoms with Gasteiger partial charge in [-0.1, -0.05) is 15.9 Å². The van der Waals surface area contributed by atoms with Gasteiger partial charge >= 0.3 is 0 Å². The fourth-order valence-electron chi connectivity index (χ4n) is 1.36. The first kappa shape index (κ1) is 11.2. The second kappa shape index (κ2) is 4.60. The van der Waals surface area contributed by atoms with E-state index in [1.165, 1.54) is 11.1 Å². The molecule has 2 N–H and O–H groups in total. The lowest BCUT2D eigenvalue weighted by atomic mass is 10.1. The molecule has 0 fully saturated rings. The second-order valence-electron chi connectivity index (χ2n) is 3.28. The third-order valence-corrected chi connectivity index (χ3v) is 3.31. The zero-order valence-electron chi connectivity index (χ0n) is 8.76. The van der Waals surface area contributed by atoms with Crippen LogP contribution in [0.2, 0.25) is 0 Å². The van der Waals surface area contributed by atoms with Crippen molar-refractivity contribution in [2.45, 2.75) is 20.8 Å². The van der Waals surface area contributed by atoms with E-state index in [1.807, 2.05) is 19.1 Å². The second-order valence-corrected chi connectivity index (χ2v) is 4.08. The fourth-order valence-corrected chi connectivity index (χ4v) is 1.58. The molecule has 1 aromatic rings. The highest BCUT2D eigenvalue weighted by Gasteiger charge is 2.04. The first-order valence-electron chi connectivity index (χ1n) is 4.63. The van der Waals surface area contributed by atoms with Crippen LogP contribution in [0.4, 0.5) is 0 Å². The highest BCUT2D eigenvalue weighted by molar-refractivity contribution is 9.10. The number of hydrogen-bond donors (Lipinski definition) is 1. The van der Waals surface area contributed by atoms with Gasteiger partial charge in [0.05, 0.1) is 0 Å². The summed E-state index contributed by atoms with van der Waals surface area (Å²) in [6.07, 6.45) is 0. The van der Waals surface area contributed by atoms with Crippen LogP contribution in [0.5, 0.6) is 0 Å². The molecule has 0 radical (unpaired) electrons. The number of hydrogen-bond acceptors (Lipinski definition) is 1. The highest BCUT2D eigenvalue weighted by Crippen LogP contribution is 2.22. The van der Waals surface area contributed by atoms with Crippen molar-refractivity contribution in [3.8, 4) is 0 Å². The molecule has 0 saturated carbocycles. The molecule has 1 rings (SSSR count). The van der Waals surface area contributed by atoms with Gasteiger partial charge < -0.3 is 5.73 Å². The maximum absolute atomic E-state index is 5.83. The van der Waals surface area contributed by atoms with Crippen LogP contribution in [0.25, 0.3) is 0 Å². The molecule has 1 aromatic carbocycles. The molecule has 0 bridgehead atoms. The molecule has 76 valence electrons. The van der Waals surface area contributed by atoms with Gasteiger partial charge in [-0.25, -0.2) is 0 Å². The third-order valence-electron chi connectivity index (χ3n) is 2.06. The van der Waals surface area contributed by atoms with Crippen LogP contribution >= 0.6 is 15.9 Å². The van der Waals surface area contributed by atoms with Crippen LogP contribution in [0.15, 0.2) is 21.6 Å². The molecule has 0 saturated heterocycles. The van der Waals surface area contributed by atoms with Crippen molar-refractivity contribution in [3.63, 3.8) is 0 Å². The predicted octanol–water partition coefficient (Wildman–Crippen LogP) is 2.79. The van der Waals surface area contributed by atoms with Gasteiger partial charge in [0.1, 0.15) is 5.84 Å². The van der Waals surface area contributed by atoms with Crippen LogP contribution in [0.3, 0.4) is 0 Å². The molecule has 0 heterocycles.